The average molecular weight is 269 g/mol. The van der Waals surface area contributed by atoms with Gasteiger partial charge in [0, 0.05) is 13.5 Å². The molecule has 1 atom stereocenters. The Bertz CT molecular complexity index is 448. The molecular weight excluding hydrogens is 250 g/mol. The van der Waals surface area contributed by atoms with Crippen molar-refractivity contribution in [3.8, 4) is 0 Å². The van der Waals surface area contributed by atoms with Crippen molar-refractivity contribution in [2.24, 2.45) is 0 Å². The van der Waals surface area contributed by atoms with Gasteiger partial charge in [0.2, 0.25) is 5.89 Å². The van der Waals surface area contributed by atoms with E-state index in [1.165, 1.54) is 7.11 Å². The van der Waals surface area contributed by atoms with Crippen LogP contribution < -0.4 is 0 Å². The Hall–Kier alpha value is -1.47. The van der Waals surface area contributed by atoms with Crippen molar-refractivity contribution in [3.63, 3.8) is 0 Å². The predicted molar refractivity (Wildman–Crippen MR) is 65.6 cm³/mol. The van der Waals surface area contributed by atoms with Crippen LogP contribution in [-0.4, -0.2) is 51.9 Å². The van der Waals surface area contributed by atoms with Crippen LogP contribution in [0.5, 0.6) is 0 Å². The van der Waals surface area contributed by atoms with Crippen LogP contribution in [0, 0.1) is 0 Å². The third kappa shape index (κ3) is 2.62. The van der Waals surface area contributed by atoms with Crippen molar-refractivity contribution in [2.75, 3.05) is 20.3 Å². The lowest BCUT2D eigenvalue weighted by Crippen LogP contribution is -2.53. The maximum Gasteiger partial charge on any atom is 0.326 e. The van der Waals surface area contributed by atoms with Crippen molar-refractivity contribution >= 4 is 5.97 Å². The first-order valence-corrected chi connectivity index (χ1v) is 6.41. The Kier molecular flexibility index (Phi) is 4.16. The quantitative estimate of drug-likeness (QED) is 0.813. The Morgan fingerprint density at radius 2 is 2.42 bits per heavy atom. The molecule has 1 aromatic rings. The van der Waals surface area contributed by atoms with Gasteiger partial charge in [-0.2, -0.15) is 4.98 Å². The second-order valence-corrected chi connectivity index (χ2v) is 4.75. The minimum Gasteiger partial charge on any atom is -0.480 e. The minimum atomic E-state index is -0.970. The van der Waals surface area contributed by atoms with Gasteiger partial charge in [-0.1, -0.05) is 12.1 Å². The molecule has 1 fully saturated rings. The van der Waals surface area contributed by atoms with Crippen LogP contribution in [-0.2, 0) is 22.5 Å². The van der Waals surface area contributed by atoms with E-state index in [-0.39, 0.29) is 6.61 Å². The molecule has 0 bridgehead atoms. The Labute approximate surface area is 111 Å². The number of carboxylic acid groups (broad SMARTS) is 1. The Morgan fingerprint density at radius 3 is 3.00 bits per heavy atom. The first-order chi connectivity index (χ1) is 9.12. The van der Waals surface area contributed by atoms with Gasteiger partial charge in [-0.05, 0) is 19.4 Å². The highest BCUT2D eigenvalue weighted by atomic mass is 16.5. The highest BCUT2D eigenvalue weighted by Gasteiger charge is 2.48. The summed E-state index contributed by atoms with van der Waals surface area (Å²) in [6.45, 7) is 3.17. The first-order valence-electron chi connectivity index (χ1n) is 6.41. The Balaban J connectivity index is 2.15. The molecular formula is C12H19N3O4. The molecule has 1 saturated heterocycles. The van der Waals surface area contributed by atoms with Gasteiger partial charge in [0.05, 0.1) is 13.2 Å². The van der Waals surface area contributed by atoms with Crippen LogP contribution in [0.3, 0.4) is 0 Å². The molecule has 0 saturated carbocycles. The van der Waals surface area contributed by atoms with Crippen LogP contribution >= 0.6 is 0 Å². The molecule has 2 heterocycles. The second-order valence-electron chi connectivity index (χ2n) is 4.75. The average Bonchev–Trinajstić information content (AvgIpc) is 2.98. The van der Waals surface area contributed by atoms with E-state index < -0.39 is 11.5 Å². The molecule has 0 amide bonds. The molecule has 7 nitrogen and oxygen atoms in total. The van der Waals surface area contributed by atoms with E-state index in [1.807, 2.05) is 11.8 Å². The van der Waals surface area contributed by atoms with Crippen LogP contribution in [0.1, 0.15) is 31.5 Å². The third-order valence-corrected chi connectivity index (χ3v) is 3.55. The zero-order valence-corrected chi connectivity index (χ0v) is 11.3. The van der Waals surface area contributed by atoms with Gasteiger partial charge in [0.1, 0.15) is 5.54 Å². The molecule has 1 aliphatic heterocycles. The summed E-state index contributed by atoms with van der Waals surface area (Å²) in [7, 11) is 1.52. The van der Waals surface area contributed by atoms with Crippen LogP contribution in [0.25, 0.3) is 0 Å². The smallest absolute Gasteiger partial charge is 0.326 e. The largest absolute Gasteiger partial charge is 0.480 e. The minimum absolute atomic E-state index is 0.167. The van der Waals surface area contributed by atoms with Gasteiger partial charge < -0.3 is 14.4 Å². The van der Waals surface area contributed by atoms with E-state index in [9.17, 15) is 9.90 Å². The van der Waals surface area contributed by atoms with Gasteiger partial charge in [0.25, 0.3) is 0 Å². The van der Waals surface area contributed by atoms with Crippen LogP contribution in [0.4, 0.5) is 0 Å². The number of methoxy groups -OCH3 is 1. The number of hydrogen-bond donors (Lipinski definition) is 1. The van der Waals surface area contributed by atoms with E-state index in [1.54, 1.807) is 0 Å². The molecule has 1 unspecified atom stereocenters. The maximum absolute atomic E-state index is 11.6. The number of aliphatic carboxylic acids is 1. The topological polar surface area (TPSA) is 88.7 Å². The van der Waals surface area contributed by atoms with Crippen molar-refractivity contribution in [1.29, 1.82) is 0 Å². The lowest BCUT2D eigenvalue weighted by Gasteiger charge is -2.33. The number of rotatable bonds is 6. The highest BCUT2D eigenvalue weighted by molar-refractivity contribution is 5.79. The molecule has 0 radical (unpaired) electrons. The summed E-state index contributed by atoms with van der Waals surface area (Å²) >= 11 is 0. The predicted octanol–water partition coefficient (Wildman–Crippen LogP) is 0.698. The highest BCUT2D eigenvalue weighted by Crippen LogP contribution is 2.31. The van der Waals surface area contributed by atoms with Crippen molar-refractivity contribution in [3.05, 3.63) is 11.7 Å². The molecule has 2 rings (SSSR count). The standard InChI is InChI=1S/C12H19N3O4/c1-3-10-13-9(14-19-10)7-15-6-4-5-12(15,8-18-2)11(16)17/h3-8H2,1-2H3,(H,16,17). The summed E-state index contributed by atoms with van der Waals surface area (Å²) in [5.74, 6) is 0.244. The lowest BCUT2D eigenvalue weighted by atomic mass is 9.97. The van der Waals surface area contributed by atoms with E-state index in [2.05, 4.69) is 10.1 Å². The van der Waals surface area contributed by atoms with Gasteiger partial charge in [-0.15, -0.1) is 0 Å². The van der Waals surface area contributed by atoms with Gasteiger partial charge in [0.15, 0.2) is 5.82 Å². The number of hydrogen-bond acceptors (Lipinski definition) is 6. The number of likely N-dealkylation sites (tertiary alicyclic amines) is 1. The fourth-order valence-electron chi connectivity index (χ4n) is 2.54. The molecule has 1 aliphatic rings. The molecule has 0 aromatic carbocycles. The number of carboxylic acids is 1. The lowest BCUT2D eigenvalue weighted by molar-refractivity contribution is -0.153. The number of aryl methyl sites for hydroxylation is 1. The summed E-state index contributed by atoms with van der Waals surface area (Å²) < 4.78 is 10.1. The summed E-state index contributed by atoms with van der Waals surface area (Å²) in [4.78, 5) is 17.7. The number of aromatic nitrogens is 2. The molecule has 0 spiro atoms. The van der Waals surface area contributed by atoms with Crippen LogP contribution in [0.15, 0.2) is 4.52 Å². The molecule has 7 heteroatoms. The van der Waals surface area contributed by atoms with E-state index in [0.29, 0.717) is 37.6 Å². The number of carbonyl (C=O) groups is 1. The fourth-order valence-corrected chi connectivity index (χ4v) is 2.54. The molecule has 1 N–H and O–H groups in total. The molecule has 19 heavy (non-hydrogen) atoms. The Morgan fingerprint density at radius 1 is 1.63 bits per heavy atom. The van der Waals surface area contributed by atoms with Crippen molar-refractivity contribution in [2.45, 2.75) is 38.3 Å². The second kappa shape index (κ2) is 5.66. The van der Waals surface area contributed by atoms with Gasteiger partial charge >= 0.3 is 5.97 Å². The fraction of sp³-hybridized carbons (Fsp3) is 0.750. The third-order valence-electron chi connectivity index (χ3n) is 3.55. The molecule has 106 valence electrons. The van der Waals surface area contributed by atoms with Gasteiger partial charge in [-0.25, -0.2) is 0 Å². The number of ether oxygens (including phenoxy) is 1. The summed E-state index contributed by atoms with van der Waals surface area (Å²) in [5.41, 5.74) is -0.970. The summed E-state index contributed by atoms with van der Waals surface area (Å²) in [6.07, 6.45) is 2.08. The summed E-state index contributed by atoms with van der Waals surface area (Å²) in [5, 5.41) is 13.4. The molecule has 0 aliphatic carbocycles. The maximum atomic E-state index is 11.6. The monoisotopic (exact) mass is 269 g/mol. The van der Waals surface area contributed by atoms with Crippen molar-refractivity contribution in [1.82, 2.24) is 15.0 Å². The van der Waals surface area contributed by atoms with Crippen molar-refractivity contribution < 1.29 is 19.2 Å². The van der Waals surface area contributed by atoms with E-state index in [0.717, 1.165) is 6.42 Å². The SMILES string of the molecule is CCc1nc(CN2CCCC2(COC)C(=O)O)no1. The summed E-state index contributed by atoms with van der Waals surface area (Å²) in [6, 6.07) is 0. The van der Waals surface area contributed by atoms with Crippen LogP contribution in [0.2, 0.25) is 0 Å². The van der Waals surface area contributed by atoms with E-state index in [4.69, 9.17) is 9.26 Å². The number of nitrogens with zero attached hydrogens (tertiary/aromatic N) is 3. The van der Waals surface area contributed by atoms with Gasteiger partial charge in [-0.3, -0.25) is 9.69 Å². The first kappa shape index (κ1) is 14.0. The zero-order chi connectivity index (χ0) is 13.9. The molecule has 1 aromatic heterocycles. The van der Waals surface area contributed by atoms with E-state index >= 15 is 0 Å². The normalized spacial score (nSPS) is 23.9. The zero-order valence-electron chi connectivity index (χ0n) is 11.3.